The number of aryl methyl sites for hydroxylation is 1. The molecule has 1 aromatic heterocycles. The van der Waals surface area contributed by atoms with Gasteiger partial charge in [-0.2, -0.15) is 9.49 Å². The Morgan fingerprint density at radius 3 is 2.61 bits per heavy atom. The maximum atomic E-state index is 15.2. The van der Waals surface area contributed by atoms with E-state index in [1.807, 2.05) is 0 Å². The minimum absolute atomic E-state index is 0.00726. The number of amides is 2. The van der Waals surface area contributed by atoms with Crippen molar-refractivity contribution in [1.29, 1.82) is 0 Å². The number of hydrogen-bond acceptors (Lipinski definition) is 6. The first kappa shape index (κ1) is 24.9. The van der Waals surface area contributed by atoms with Gasteiger partial charge in [0.2, 0.25) is 5.82 Å². The van der Waals surface area contributed by atoms with E-state index in [-0.39, 0.29) is 53.1 Å². The zero-order valence-corrected chi connectivity index (χ0v) is 19.5. The summed E-state index contributed by atoms with van der Waals surface area (Å²) in [5.74, 6) is -2.31. The number of nitrogens with zero attached hydrogens (tertiary/aromatic N) is 3. The predicted molar refractivity (Wildman–Crippen MR) is 123 cm³/mol. The Kier molecular flexibility index (Phi) is 7.32. The van der Waals surface area contributed by atoms with Gasteiger partial charge in [-0.1, -0.05) is 0 Å². The minimum Gasteiger partial charge on any atom is -0.488 e. The quantitative estimate of drug-likeness (QED) is 0.502. The van der Waals surface area contributed by atoms with Crippen molar-refractivity contribution in [2.45, 2.75) is 6.10 Å². The number of carbonyl (C=O) groups excluding carboxylic acids is 2. The lowest BCUT2D eigenvalue weighted by atomic mass is 10.1. The number of rotatable bonds is 8. The fraction of sp³-hybridized carbons (Fsp3) is 0.292. The highest BCUT2D eigenvalue weighted by Crippen LogP contribution is 2.36. The summed E-state index contributed by atoms with van der Waals surface area (Å²) < 4.78 is 59.3. The number of nitrogens with one attached hydrogen (secondary N) is 1. The van der Waals surface area contributed by atoms with Crippen LogP contribution in [0.3, 0.4) is 0 Å². The van der Waals surface area contributed by atoms with E-state index >= 15 is 4.39 Å². The highest BCUT2D eigenvalue weighted by Gasteiger charge is 2.26. The van der Waals surface area contributed by atoms with E-state index in [9.17, 15) is 18.4 Å². The van der Waals surface area contributed by atoms with E-state index < -0.39 is 37.1 Å². The van der Waals surface area contributed by atoms with E-state index in [0.717, 1.165) is 0 Å². The number of aromatic nitrogens is 2. The molecule has 0 radical (unpaired) electrons. The van der Waals surface area contributed by atoms with Crippen LogP contribution in [0, 0.1) is 5.82 Å². The number of likely N-dealkylation sites (N-methyl/N-ethyl adjacent to an activating group) is 1. The fourth-order valence-electron chi connectivity index (χ4n) is 3.44. The van der Waals surface area contributed by atoms with Crippen molar-refractivity contribution in [1.82, 2.24) is 14.7 Å². The van der Waals surface area contributed by atoms with Crippen LogP contribution in [-0.2, 0) is 7.05 Å². The van der Waals surface area contributed by atoms with Crippen molar-refractivity contribution in [3.63, 3.8) is 0 Å². The number of anilines is 1. The van der Waals surface area contributed by atoms with E-state index in [4.69, 9.17) is 14.2 Å². The Bertz CT molecular complexity index is 1280. The van der Waals surface area contributed by atoms with E-state index in [1.54, 1.807) is 26.4 Å². The van der Waals surface area contributed by atoms with Gasteiger partial charge in [-0.3, -0.25) is 14.3 Å². The second kappa shape index (κ2) is 10.6. The standard InChI is InChI=1S/C24H23F3N4O5/c1-30-7-8-34-22-18(24(30)33)3-4-19(21(22)27)36-16-10-14(9-15(11-16)35-17(12-25)13-26)23(32)28-20-5-6-31(2)29-20/h3-6,9-11,17H,7-8,12-13H2,1-2H3,(H,28,29,32). The van der Waals surface area contributed by atoms with Crippen LogP contribution >= 0.6 is 0 Å². The summed E-state index contributed by atoms with van der Waals surface area (Å²) in [5.41, 5.74) is 0.0499. The molecule has 2 aromatic carbocycles. The fourth-order valence-corrected chi connectivity index (χ4v) is 3.44. The molecule has 3 aromatic rings. The molecule has 0 spiro atoms. The lowest BCUT2D eigenvalue weighted by Gasteiger charge is -2.16. The molecular formula is C24H23F3N4O5. The lowest BCUT2D eigenvalue weighted by molar-refractivity contribution is 0.0796. The van der Waals surface area contributed by atoms with Gasteiger partial charge in [-0.25, -0.2) is 8.78 Å². The summed E-state index contributed by atoms with van der Waals surface area (Å²) in [7, 11) is 3.25. The monoisotopic (exact) mass is 504 g/mol. The van der Waals surface area contributed by atoms with Crippen LogP contribution in [-0.4, -0.2) is 66.1 Å². The normalized spacial score (nSPS) is 13.2. The summed E-state index contributed by atoms with van der Waals surface area (Å²) in [6.07, 6.45) is 0.232. The van der Waals surface area contributed by atoms with Crippen LogP contribution in [0.2, 0.25) is 0 Å². The Hall–Kier alpha value is -4.22. The number of ether oxygens (including phenoxy) is 3. The third kappa shape index (κ3) is 5.37. The molecule has 0 fully saturated rings. The molecule has 190 valence electrons. The molecule has 1 aliphatic heterocycles. The topological polar surface area (TPSA) is 94.9 Å². The Morgan fingerprint density at radius 1 is 1.17 bits per heavy atom. The van der Waals surface area contributed by atoms with Crippen LogP contribution in [0.5, 0.6) is 23.0 Å². The third-order valence-corrected chi connectivity index (χ3v) is 5.28. The van der Waals surface area contributed by atoms with Crippen molar-refractivity contribution in [3.8, 4) is 23.0 Å². The summed E-state index contributed by atoms with van der Waals surface area (Å²) in [5, 5.41) is 6.64. The van der Waals surface area contributed by atoms with Crippen LogP contribution in [0.1, 0.15) is 20.7 Å². The molecule has 0 atom stereocenters. The van der Waals surface area contributed by atoms with Crippen LogP contribution in [0.4, 0.5) is 19.0 Å². The van der Waals surface area contributed by atoms with Gasteiger partial charge in [0.15, 0.2) is 23.4 Å². The van der Waals surface area contributed by atoms with Crippen LogP contribution in [0.25, 0.3) is 0 Å². The predicted octanol–water partition coefficient (Wildman–Crippen LogP) is 3.75. The van der Waals surface area contributed by atoms with Gasteiger partial charge in [0.1, 0.15) is 31.5 Å². The van der Waals surface area contributed by atoms with Gasteiger partial charge in [0.25, 0.3) is 11.8 Å². The molecule has 12 heteroatoms. The van der Waals surface area contributed by atoms with Crippen LogP contribution < -0.4 is 19.5 Å². The first-order valence-corrected chi connectivity index (χ1v) is 10.9. The average Bonchev–Trinajstić information content (AvgIpc) is 3.21. The summed E-state index contributed by atoms with van der Waals surface area (Å²) in [4.78, 5) is 26.7. The van der Waals surface area contributed by atoms with Crippen molar-refractivity contribution in [2.75, 3.05) is 38.9 Å². The summed E-state index contributed by atoms with van der Waals surface area (Å²) in [6, 6.07) is 8.03. The van der Waals surface area contributed by atoms with Crippen molar-refractivity contribution in [3.05, 3.63) is 59.5 Å². The molecule has 0 saturated heterocycles. The molecule has 0 aliphatic carbocycles. The second-order valence-electron chi connectivity index (χ2n) is 8.00. The van der Waals surface area contributed by atoms with Crippen molar-refractivity contribution >= 4 is 17.6 Å². The number of alkyl halides is 2. The largest absolute Gasteiger partial charge is 0.488 e. The van der Waals surface area contributed by atoms with E-state index in [2.05, 4.69) is 10.4 Å². The number of halogens is 3. The SMILES string of the molecule is CN1CCOc2c(ccc(Oc3cc(OC(CF)CF)cc(C(=O)Nc4ccn(C)n4)c3)c2F)C1=O. The number of fused-ring (bicyclic) bond motifs is 1. The number of benzene rings is 2. The Balaban J connectivity index is 1.67. The smallest absolute Gasteiger partial charge is 0.257 e. The molecule has 4 rings (SSSR count). The number of carbonyl (C=O) groups is 2. The zero-order valence-electron chi connectivity index (χ0n) is 19.5. The van der Waals surface area contributed by atoms with Crippen LogP contribution in [0.15, 0.2) is 42.6 Å². The molecule has 2 amide bonds. The van der Waals surface area contributed by atoms with Gasteiger partial charge < -0.3 is 24.4 Å². The highest BCUT2D eigenvalue weighted by molar-refractivity contribution is 6.04. The molecule has 1 N–H and O–H groups in total. The molecule has 0 saturated carbocycles. The van der Waals surface area contributed by atoms with Gasteiger partial charge >= 0.3 is 0 Å². The molecule has 9 nitrogen and oxygen atoms in total. The zero-order chi connectivity index (χ0) is 25.8. The van der Waals surface area contributed by atoms with E-state index in [0.29, 0.717) is 0 Å². The van der Waals surface area contributed by atoms with Gasteiger partial charge in [0, 0.05) is 38.0 Å². The Labute approximate surface area is 204 Å². The molecule has 2 heterocycles. The van der Waals surface area contributed by atoms with Gasteiger partial charge in [-0.05, 0) is 24.3 Å². The number of hydrogen-bond donors (Lipinski definition) is 1. The average molecular weight is 504 g/mol. The summed E-state index contributed by atoms with van der Waals surface area (Å²) in [6.45, 7) is -1.83. The van der Waals surface area contributed by atoms with Gasteiger partial charge in [-0.15, -0.1) is 0 Å². The Morgan fingerprint density at radius 2 is 1.92 bits per heavy atom. The first-order valence-electron chi connectivity index (χ1n) is 10.9. The third-order valence-electron chi connectivity index (χ3n) is 5.28. The molecular weight excluding hydrogens is 481 g/mol. The lowest BCUT2D eigenvalue weighted by Crippen LogP contribution is -2.27. The van der Waals surface area contributed by atoms with Crippen molar-refractivity contribution in [2.24, 2.45) is 7.05 Å². The van der Waals surface area contributed by atoms with Crippen molar-refractivity contribution < 1.29 is 37.0 Å². The highest BCUT2D eigenvalue weighted by atomic mass is 19.1. The molecule has 0 unspecified atom stereocenters. The summed E-state index contributed by atoms with van der Waals surface area (Å²) >= 11 is 0. The maximum absolute atomic E-state index is 15.2. The molecule has 36 heavy (non-hydrogen) atoms. The molecule has 1 aliphatic rings. The second-order valence-corrected chi connectivity index (χ2v) is 8.00. The maximum Gasteiger partial charge on any atom is 0.257 e. The van der Waals surface area contributed by atoms with E-state index in [1.165, 1.54) is 39.9 Å². The van der Waals surface area contributed by atoms with Gasteiger partial charge in [0.05, 0.1) is 12.1 Å². The molecule has 0 bridgehead atoms. The first-order chi connectivity index (χ1) is 17.3. The minimum atomic E-state index is -1.40.